The van der Waals surface area contributed by atoms with Gasteiger partial charge in [-0.2, -0.15) is 0 Å². The average Bonchev–Trinajstić information content (AvgIpc) is 3.19. The van der Waals surface area contributed by atoms with Crippen molar-refractivity contribution in [1.29, 1.82) is 0 Å². The van der Waals surface area contributed by atoms with E-state index in [2.05, 4.69) is 15.1 Å². The van der Waals surface area contributed by atoms with Crippen LogP contribution in [0.3, 0.4) is 0 Å². The largest absolute Gasteiger partial charge is 0.481 e. The predicted molar refractivity (Wildman–Crippen MR) is 111 cm³/mol. The van der Waals surface area contributed by atoms with E-state index in [4.69, 9.17) is 31.3 Å². The van der Waals surface area contributed by atoms with Crippen LogP contribution in [0, 0.1) is 0 Å². The highest BCUT2D eigenvalue weighted by Gasteiger charge is 2.29. The third-order valence-electron chi connectivity index (χ3n) is 4.70. The van der Waals surface area contributed by atoms with E-state index in [-0.39, 0.29) is 6.61 Å². The highest BCUT2D eigenvalue weighted by atomic mass is 35.5. The molecular formula is C20H23ClN4O6. The number of carbonyl (C=O) groups excluding carboxylic acids is 1. The molecule has 2 aromatic heterocycles. The van der Waals surface area contributed by atoms with Crippen LogP contribution in [-0.4, -0.2) is 56.7 Å². The van der Waals surface area contributed by atoms with Crippen LogP contribution in [0.4, 0.5) is 0 Å². The van der Waals surface area contributed by atoms with Crippen molar-refractivity contribution in [2.45, 2.75) is 31.4 Å². The summed E-state index contributed by atoms with van der Waals surface area (Å²) in [6.45, 7) is 1.95. The zero-order chi connectivity index (χ0) is 22.6. The first-order chi connectivity index (χ1) is 14.8. The number of aromatic nitrogens is 3. The molecule has 10 nitrogen and oxygen atoms in total. The van der Waals surface area contributed by atoms with Gasteiger partial charge in [-0.05, 0) is 26.0 Å². The maximum absolute atomic E-state index is 12.4. The van der Waals surface area contributed by atoms with Gasteiger partial charge in [-0.25, -0.2) is 9.97 Å². The summed E-state index contributed by atoms with van der Waals surface area (Å²) < 4.78 is 16.4. The van der Waals surface area contributed by atoms with Crippen molar-refractivity contribution in [2.75, 3.05) is 19.8 Å². The summed E-state index contributed by atoms with van der Waals surface area (Å²) in [5, 5.41) is 23.2. The Bertz CT molecular complexity index is 1040. The van der Waals surface area contributed by atoms with Crippen LogP contribution in [-0.2, 0) is 9.53 Å². The highest BCUT2D eigenvalue weighted by molar-refractivity contribution is 6.32. The van der Waals surface area contributed by atoms with E-state index in [1.165, 1.54) is 0 Å². The number of hydrogen-bond donors (Lipinski definition) is 3. The van der Waals surface area contributed by atoms with Crippen LogP contribution in [0.2, 0.25) is 5.02 Å². The topological polar surface area (TPSA) is 154 Å². The van der Waals surface area contributed by atoms with Gasteiger partial charge in [-0.15, -0.1) is 0 Å². The number of halogens is 1. The minimum Gasteiger partial charge on any atom is -0.481 e. The molecule has 4 N–H and O–H groups in total. The first-order valence-electron chi connectivity index (χ1n) is 9.47. The Morgan fingerprint density at radius 2 is 1.94 bits per heavy atom. The standard InChI is InChI=1S/C20H23ClN4O6/c1-11(19(28)29-10-20(22,8-26)9-27)17-13-6-14(21)16(7-15(13)31-25-17)30-12(2)18-23-4-3-5-24-18/h3-7,11-12,26-27H,8-10,22H2,1-2H3/t11-,12?/m0/s1. The molecule has 1 aromatic carbocycles. The lowest BCUT2D eigenvalue weighted by Crippen LogP contribution is -2.52. The van der Waals surface area contributed by atoms with E-state index in [1.807, 2.05) is 0 Å². The van der Waals surface area contributed by atoms with Crippen LogP contribution in [0.25, 0.3) is 11.0 Å². The lowest BCUT2D eigenvalue weighted by atomic mass is 10.0. The molecule has 166 valence electrons. The Morgan fingerprint density at radius 1 is 1.26 bits per heavy atom. The fourth-order valence-corrected chi connectivity index (χ4v) is 2.93. The van der Waals surface area contributed by atoms with Crippen molar-refractivity contribution in [2.24, 2.45) is 5.73 Å². The summed E-state index contributed by atoms with van der Waals surface area (Å²) in [5.41, 5.74) is 4.99. The van der Waals surface area contributed by atoms with Crippen LogP contribution in [0.1, 0.15) is 37.4 Å². The van der Waals surface area contributed by atoms with Gasteiger partial charge in [0.2, 0.25) is 0 Å². The fourth-order valence-electron chi connectivity index (χ4n) is 2.72. The summed E-state index contributed by atoms with van der Waals surface area (Å²) in [4.78, 5) is 20.7. The third kappa shape index (κ3) is 5.10. The molecule has 0 aliphatic heterocycles. The number of fused-ring (bicyclic) bond motifs is 1. The molecule has 0 saturated heterocycles. The molecule has 0 saturated carbocycles. The zero-order valence-corrected chi connectivity index (χ0v) is 17.7. The van der Waals surface area contributed by atoms with Crippen LogP contribution in [0.15, 0.2) is 35.1 Å². The number of ether oxygens (including phenoxy) is 2. The molecule has 0 aliphatic rings. The lowest BCUT2D eigenvalue weighted by molar-refractivity contribution is -0.148. The Kier molecular flexibility index (Phi) is 7.06. The lowest BCUT2D eigenvalue weighted by Gasteiger charge is -2.24. The second-order valence-corrected chi connectivity index (χ2v) is 7.63. The minimum atomic E-state index is -1.42. The average molecular weight is 451 g/mol. The molecule has 2 atom stereocenters. The minimum absolute atomic E-state index is 0.293. The molecule has 11 heteroatoms. The normalized spacial score (nSPS) is 13.7. The van der Waals surface area contributed by atoms with E-state index >= 15 is 0 Å². The molecule has 0 bridgehead atoms. The monoisotopic (exact) mass is 450 g/mol. The van der Waals surface area contributed by atoms with Gasteiger partial charge in [0, 0.05) is 23.8 Å². The van der Waals surface area contributed by atoms with Crippen molar-refractivity contribution in [1.82, 2.24) is 15.1 Å². The summed E-state index contributed by atoms with van der Waals surface area (Å²) in [5.74, 6) is -0.596. The van der Waals surface area contributed by atoms with Gasteiger partial charge in [0.15, 0.2) is 17.5 Å². The quantitative estimate of drug-likeness (QED) is 0.410. The number of carbonyl (C=O) groups is 1. The number of nitrogens with zero attached hydrogens (tertiary/aromatic N) is 3. The van der Waals surface area contributed by atoms with Gasteiger partial charge in [0.05, 0.1) is 23.8 Å². The Labute approximate surface area is 182 Å². The SMILES string of the molecule is CC(Oc1cc2onc([C@H](C)C(=O)OCC(N)(CO)CO)c2cc1Cl)c1ncccn1. The van der Waals surface area contributed by atoms with Gasteiger partial charge in [0.25, 0.3) is 0 Å². The Morgan fingerprint density at radius 3 is 2.58 bits per heavy atom. The molecule has 0 radical (unpaired) electrons. The predicted octanol–water partition coefficient (Wildman–Crippen LogP) is 1.74. The van der Waals surface area contributed by atoms with E-state index in [0.29, 0.717) is 33.3 Å². The van der Waals surface area contributed by atoms with Gasteiger partial charge in [-0.3, -0.25) is 4.79 Å². The summed E-state index contributed by atoms with van der Waals surface area (Å²) in [6, 6.07) is 4.88. The number of aliphatic hydroxyl groups is 2. The number of rotatable bonds is 9. The smallest absolute Gasteiger partial charge is 0.314 e. The molecule has 2 heterocycles. The summed E-state index contributed by atoms with van der Waals surface area (Å²) >= 11 is 6.38. The van der Waals surface area contributed by atoms with Gasteiger partial charge in [-0.1, -0.05) is 16.8 Å². The molecule has 0 aliphatic carbocycles. The highest BCUT2D eigenvalue weighted by Crippen LogP contribution is 2.36. The van der Waals surface area contributed by atoms with E-state index in [9.17, 15) is 15.0 Å². The van der Waals surface area contributed by atoms with Gasteiger partial charge < -0.3 is 29.9 Å². The van der Waals surface area contributed by atoms with Crippen molar-refractivity contribution in [3.8, 4) is 5.75 Å². The van der Waals surface area contributed by atoms with Crippen molar-refractivity contribution < 1.29 is 29.0 Å². The number of esters is 1. The molecule has 1 unspecified atom stereocenters. The first-order valence-corrected chi connectivity index (χ1v) is 9.85. The number of hydrogen-bond acceptors (Lipinski definition) is 10. The molecule has 0 fully saturated rings. The van der Waals surface area contributed by atoms with E-state index in [1.54, 1.807) is 44.4 Å². The summed E-state index contributed by atoms with van der Waals surface area (Å²) in [7, 11) is 0. The van der Waals surface area contributed by atoms with Gasteiger partial charge in [0.1, 0.15) is 24.0 Å². The Hall–Kier alpha value is -2.79. The second kappa shape index (κ2) is 9.56. The van der Waals surface area contributed by atoms with E-state index < -0.39 is 36.7 Å². The van der Waals surface area contributed by atoms with Crippen LogP contribution in [0.5, 0.6) is 5.75 Å². The molecular weight excluding hydrogens is 428 g/mol. The first kappa shape index (κ1) is 22.9. The van der Waals surface area contributed by atoms with E-state index in [0.717, 1.165) is 0 Å². The second-order valence-electron chi connectivity index (χ2n) is 7.22. The number of nitrogens with two attached hydrogens (primary N) is 1. The van der Waals surface area contributed by atoms with Gasteiger partial charge >= 0.3 is 5.97 Å². The maximum atomic E-state index is 12.4. The molecule has 3 aromatic rings. The van der Waals surface area contributed by atoms with Crippen LogP contribution >= 0.6 is 11.6 Å². The molecule has 0 amide bonds. The third-order valence-corrected chi connectivity index (χ3v) is 5.00. The Balaban J connectivity index is 1.78. The number of aliphatic hydroxyl groups excluding tert-OH is 2. The van der Waals surface area contributed by atoms with Crippen molar-refractivity contribution in [3.05, 3.63) is 47.1 Å². The maximum Gasteiger partial charge on any atom is 0.314 e. The molecule has 31 heavy (non-hydrogen) atoms. The van der Waals surface area contributed by atoms with Crippen molar-refractivity contribution in [3.63, 3.8) is 0 Å². The van der Waals surface area contributed by atoms with Crippen LogP contribution < -0.4 is 10.5 Å². The number of benzene rings is 1. The fraction of sp³-hybridized carbons (Fsp3) is 0.400. The molecule has 3 rings (SSSR count). The summed E-state index contributed by atoms with van der Waals surface area (Å²) in [6.07, 6.45) is 2.78. The van der Waals surface area contributed by atoms with Crippen molar-refractivity contribution >= 4 is 28.5 Å². The molecule has 0 spiro atoms. The zero-order valence-electron chi connectivity index (χ0n) is 17.0.